The Morgan fingerprint density at radius 2 is 1.90 bits per heavy atom. The van der Waals surface area contributed by atoms with Gasteiger partial charge in [-0.25, -0.2) is 4.39 Å². The number of rotatable bonds is 10. The summed E-state index contributed by atoms with van der Waals surface area (Å²) in [6, 6.07) is 10.8. The maximum absolute atomic E-state index is 14.2. The minimum absolute atomic E-state index is 0.127. The summed E-state index contributed by atoms with van der Waals surface area (Å²) in [5.74, 6) is -0.471. The number of carbonyl (C=O) groups is 2. The lowest BCUT2D eigenvalue weighted by Gasteiger charge is -2.29. The molecule has 0 aromatic heterocycles. The Morgan fingerprint density at radius 1 is 1.20 bits per heavy atom. The van der Waals surface area contributed by atoms with Crippen LogP contribution in [0.25, 0.3) is 0 Å². The van der Waals surface area contributed by atoms with E-state index in [4.69, 9.17) is 16.3 Å². The second kappa shape index (κ2) is 11.6. The van der Waals surface area contributed by atoms with E-state index in [1.165, 1.54) is 17.0 Å². The van der Waals surface area contributed by atoms with Gasteiger partial charge in [-0.1, -0.05) is 43.1 Å². The van der Waals surface area contributed by atoms with Crippen molar-refractivity contribution in [2.24, 2.45) is 0 Å². The molecule has 0 unspecified atom stereocenters. The summed E-state index contributed by atoms with van der Waals surface area (Å²) in [4.78, 5) is 27.2. The fourth-order valence-electron chi connectivity index (χ4n) is 3.00. The first kappa shape index (κ1) is 23.7. The van der Waals surface area contributed by atoms with E-state index < -0.39 is 11.9 Å². The van der Waals surface area contributed by atoms with Gasteiger partial charge >= 0.3 is 0 Å². The summed E-state index contributed by atoms with van der Waals surface area (Å²) < 4.78 is 19.4. The van der Waals surface area contributed by atoms with Gasteiger partial charge in [0.15, 0.2) is 0 Å². The minimum Gasteiger partial charge on any atom is -0.497 e. The van der Waals surface area contributed by atoms with Crippen LogP contribution in [0.1, 0.15) is 37.8 Å². The molecule has 0 radical (unpaired) electrons. The van der Waals surface area contributed by atoms with Crippen LogP contribution >= 0.6 is 11.6 Å². The quantitative estimate of drug-likeness (QED) is 0.565. The molecule has 0 fully saturated rings. The minimum atomic E-state index is -0.720. The molecule has 0 aliphatic rings. The van der Waals surface area contributed by atoms with Crippen LogP contribution < -0.4 is 10.1 Å². The third kappa shape index (κ3) is 6.46. The van der Waals surface area contributed by atoms with Crippen LogP contribution in [0.2, 0.25) is 5.02 Å². The van der Waals surface area contributed by atoms with E-state index in [0.29, 0.717) is 12.3 Å². The van der Waals surface area contributed by atoms with Crippen LogP contribution in [0.15, 0.2) is 42.5 Å². The number of nitrogens with zero attached hydrogens (tertiary/aromatic N) is 1. The molecule has 2 aromatic carbocycles. The van der Waals surface area contributed by atoms with Crippen LogP contribution in [-0.2, 0) is 22.6 Å². The standard InChI is InChI=1S/C23H28ClFN2O3/c1-4-5-13-26-23(29)16(2)27(15-17-9-11-18(30-3)12-10-17)22(28)14-19-20(24)7-6-8-21(19)25/h6-12,16H,4-5,13-15H2,1-3H3,(H,26,29)/t16-/m1/s1. The molecule has 0 bridgehead atoms. The van der Waals surface area contributed by atoms with Crippen molar-refractivity contribution in [3.05, 3.63) is 64.4 Å². The van der Waals surface area contributed by atoms with Gasteiger partial charge < -0.3 is 15.0 Å². The van der Waals surface area contributed by atoms with Crippen molar-refractivity contribution in [2.45, 2.75) is 45.7 Å². The highest BCUT2D eigenvalue weighted by molar-refractivity contribution is 6.31. The molecule has 0 aliphatic heterocycles. The smallest absolute Gasteiger partial charge is 0.242 e. The molecule has 162 valence electrons. The van der Waals surface area contributed by atoms with Crippen molar-refractivity contribution in [3.63, 3.8) is 0 Å². The van der Waals surface area contributed by atoms with Crippen LogP contribution in [-0.4, -0.2) is 36.4 Å². The summed E-state index contributed by atoms with van der Waals surface area (Å²) in [7, 11) is 1.58. The number of benzene rings is 2. The molecule has 2 rings (SSSR count). The van der Waals surface area contributed by atoms with E-state index in [-0.39, 0.29) is 35.4 Å². The lowest BCUT2D eigenvalue weighted by molar-refractivity contribution is -0.140. The zero-order valence-electron chi connectivity index (χ0n) is 17.6. The van der Waals surface area contributed by atoms with Gasteiger partial charge in [0.05, 0.1) is 13.5 Å². The summed E-state index contributed by atoms with van der Waals surface area (Å²) in [5.41, 5.74) is 0.958. The van der Waals surface area contributed by atoms with Gasteiger partial charge in [0.1, 0.15) is 17.6 Å². The molecule has 30 heavy (non-hydrogen) atoms. The van der Waals surface area contributed by atoms with Gasteiger partial charge in [-0.05, 0) is 43.2 Å². The van der Waals surface area contributed by atoms with E-state index in [1.807, 2.05) is 19.1 Å². The molecule has 7 heteroatoms. The molecular formula is C23H28ClFN2O3. The molecule has 2 aromatic rings. The van der Waals surface area contributed by atoms with Gasteiger partial charge in [-0.2, -0.15) is 0 Å². The monoisotopic (exact) mass is 434 g/mol. The number of hydrogen-bond acceptors (Lipinski definition) is 3. The molecule has 0 saturated carbocycles. The molecule has 0 saturated heterocycles. The molecule has 0 aliphatic carbocycles. The number of carbonyl (C=O) groups excluding carboxylic acids is 2. The SMILES string of the molecule is CCCCNC(=O)[C@@H](C)N(Cc1ccc(OC)cc1)C(=O)Cc1c(F)cccc1Cl. The number of halogens is 2. The second-order valence-electron chi connectivity index (χ2n) is 7.07. The Bertz CT molecular complexity index is 838. The molecule has 1 atom stereocenters. The Kier molecular flexibility index (Phi) is 9.12. The highest BCUT2D eigenvalue weighted by atomic mass is 35.5. The third-order valence-electron chi connectivity index (χ3n) is 4.90. The van der Waals surface area contributed by atoms with Crippen molar-refractivity contribution in [3.8, 4) is 5.75 Å². The van der Waals surface area contributed by atoms with E-state index in [0.717, 1.165) is 18.4 Å². The van der Waals surface area contributed by atoms with Crippen LogP contribution in [0, 0.1) is 5.82 Å². The highest BCUT2D eigenvalue weighted by Gasteiger charge is 2.27. The molecule has 0 spiro atoms. The summed E-state index contributed by atoms with van der Waals surface area (Å²) in [6.45, 7) is 4.46. The van der Waals surface area contributed by atoms with E-state index in [9.17, 15) is 14.0 Å². The van der Waals surface area contributed by atoms with Gasteiger partial charge in [-0.15, -0.1) is 0 Å². The zero-order chi connectivity index (χ0) is 22.1. The molecule has 2 amide bonds. The van der Waals surface area contributed by atoms with Gasteiger partial charge in [0.25, 0.3) is 0 Å². The van der Waals surface area contributed by atoms with Crippen molar-refractivity contribution in [1.82, 2.24) is 10.2 Å². The first-order valence-corrected chi connectivity index (χ1v) is 10.4. The lowest BCUT2D eigenvalue weighted by atomic mass is 10.1. The van der Waals surface area contributed by atoms with Crippen molar-refractivity contribution >= 4 is 23.4 Å². The normalized spacial score (nSPS) is 11.6. The summed E-state index contributed by atoms with van der Waals surface area (Å²) in [6.07, 6.45) is 1.58. The molecule has 1 N–H and O–H groups in total. The maximum atomic E-state index is 14.2. The molecular weight excluding hydrogens is 407 g/mol. The Hall–Kier alpha value is -2.60. The topological polar surface area (TPSA) is 58.6 Å². The van der Waals surface area contributed by atoms with Crippen molar-refractivity contribution < 1.29 is 18.7 Å². The number of hydrogen-bond donors (Lipinski definition) is 1. The maximum Gasteiger partial charge on any atom is 0.242 e. The zero-order valence-corrected chi connectivity index (χ0v) is 18.3. The van der Waals surface area contributed by atoms with E-state index in [2.05, 4.69) is 5.32 Å². The predicted octanol–water partition coefficient (Wildman–Crippen LogP) is 4.36. The fraction of sp³-hybridized carbons (Fsp3) is 0.391. The first-order valence-electron chi connectivity index (χ1n) is 10.00. The average molecular weight is 435 g/mol. The van der Waals surface area contributed by atoms with Crippen LogP contribution in [0.3, 0.4) is 0 Å². The third-order valence-corrected chi connectivity index (χ3v) is 5.25. The molecule has 5 nitrogen and oxygen atoms in total. The van der Waals surface area contributed by atoms with Crippen LogP contribution in [0.5, 0.6) is 5.75 Å². The second-order valence-corrected chi connectivity index (χ2v) is 7.47. The number of nitrogens with one attached hydrogen (secondary N) is 1. The van der Waals surface area contributed by atoms with Crippen molar-refractivity contribution in [1.29, 1.82) is 0 Å². The van der Waals surface area contributed by atoms with Crippen molar-refractivity contribution in [2.75, 3.05) is 13.7 Å². The Balaban J connectivity index is 2.24. The summed E-state index contributed by atoms with van der Waals surface area (Å²) >= 11 is 6.09. The van der Waals surface area contributed by atoms with Gasteiger partial charge in [0, 0.05) is 23.7 Å². The average Bonchev–Trinajstić information content (AvgIpc) is 2.74. The molecule has 0 heterocycles. The lowest BCUT2D eigenvalue weighted by Crippen LogP contribution is -2.48. The van der Waals surface area contributed by atoms with E-state index >= 15 is 0 Å². The Morgan fingerprint density at radius 3 is 2.50 bits per heavy atom. The predicted molar refractivity (Wildman–Crippen MR) is 116 cm³/mol. The number of unbranched alkanes of at least 4 members (excludes halogenated alkanes) is 1. The fourth-order valence-corrected chi connectivity index (χ4v) is 3.23. The Labute approximate surface area is 182 Å². The van der Waals surface area contributed by atoms with Crippen LogP contribution in [0.4, 0.5) is 4.39 Å². The number of methoxy groups -OCH3 is 1. The van der Waals surface area contributed by atoms with Gasteiger partial charge in [0.2, 0.25) is 11.8 Å². The first-order chi connectivity index (χ1) is 14.4. The van der Waals surface area contributed by atoms with E-state index in [1.54, 1.807) is 32.2 Å². The number of ether oxygens (including phenoxy) is 1. The number of amides is 2. The summed E-state index contributed by atoms with van der Waals surface area (Å²) in [5, 5.41) is 3.04. The van der Waals surface area contributed by atoms with Gasteiger partial charge in [-0.3, -0.25) is 9.59 Å². The highest BCUT2D eigenvalue weighted by Crippen LogP contribution is 2.22. The largest absolute Gasteiger partial charge is 0.497 e.